The number of anilines is 1. The Morgan fingerprint density at radius 2 is 2.11 bits per heavy atom. The van der Waals surface area contributed by atoms with Crippen molar-refractivity contribution in [1.29, 1.82) is 0 Å². The molecule has 0 radical (unpaired) electrons. The molecule has 0 saturated carbocycles. The second-order valence-electron chi connectivity index (χ2n) is 6.04. The molecule has 1 aliphatic heterocycles. The van der Waals surface area contributed by atoms with E-state index in [1.54, 1.807) is 29.1 Å². The maximum Gasteiger partial charge on any atom is 0.269 e. The summed E-state index contributed by atoms with van der Waals surface area (Å²) >= 11 is 3.45. The molecular formula is C18H15BrN6O2. The lowest BCUT2D eigenvalue weighted by Crippen LogP contribution is -2.35. The van der Waals surface area contributed by atoms with Crippen molar-refractivity contribution in [3.63, 3.8) is 0 Å². The van der Waals surface area contributed by atoms with Crippen LogP contribution in [-0.2, 0) is 11.3 Å². The summed E-state index contributed by atoms with van der Waals surface area (Å²) in [5.74, 6) is 0.249. The van der Waals surface area contributed by atoms with Crippen molar-refractivity contribution >= 4 is 33.4 Å². The zero-order valence-corrected chi connectivity index (χ0v) is 15.9. The van der Waals surface area contributed by atoms with Gasteiger partial charge in [-0.15, -0.1) is 0 Å². The number of halogens is 1. The van der Waals surface area contributed by atoms with Crippen molar-refractivity contribution in [3.8, 4) is 22.8 Å². The van der Waals surface area contributed by atoms with E-state index in [9.17, 15) is 9.59 Å². The van der Waals surface area contributed by atoms with Gasteiger partial charge in [0.2, 0.25) is 5.91 Å². The minimum absolute atomic E-state index is 0.133. The first-order valence-electron chi connectivity index (χ1n) is 8.28. The summed E-state index contributed by atoms with van der Waals surface area (Å²) in [7, 11) is 0. The molecular weight excluding hydrogens is 412 g/mol. The largest absolute Gasteiger partial charge is 0.349 e. The first-order chi connectivity index (χ1) is 13.0. The zero-order chi connectivity index (χ0) is 19.0. The van der Waals surface area contributed by atoms with Crippen molar-refractivity contribution in [2.45, 2.75) is 13.5 Å². The number of amides is 2. The molecule has 2 N–H and O–H groups in total. The predicted octanol–water partition coefficient (Wildman–Crippen LogP) is 2.47. The summed E-state index contributed by atoms with van der Waals surface area (Å²) in [6.45, 7) is 2.66. The summed E-state index contributed by atoms with van der Waals surface area (Å²) in [5, 5.41) is 10.0. The van der Waals surface area contributed by atoms with Crippen molar-refractivity contribution < 1.29 is 9.59 Å². The van der Waals surface area contributed by atoms with Crippen molar-refractivity contribution in [3.05, 3.63) is 46.7 Å². The Balaban J connectivity index is 1.68. The number of benzene rings is 1. The number of rotatable bonds is 3. The van der Waals surface area contributed by atoms with E-state index in [1.165, 1.54) is 6.92 Å². The Morgan fingerprint density at radius 1 is 1.26 bits per heavy atom. The number of hydrogen-bond acceptors (Lipinski definition) is 5. The number of hydrogen-bond donors (Lipinski definition) is 2. The van der Waals surface area contributed by atoms with Crippen molar-refractivity contribution in [2.75, 3.05) is 11.9 Å². The number of carbonyl (C=O) groups excluding carboxylic acids is 2. The maximum atomic E-state index is 11.9. The molecule has 1 aromatic carbocycles. The lowest BCUT2D eigenvalue weighted by molar-refractivity contribution is -0.114. The van der Waals surface area contributed by atoms with Crippen LogP contribution < -0.4 is 10.6 Å². The van der Waals surface area contributed by atoms with Gasteiger partial charge >= 0.3 is 0 Å². The van der Waals surface area contributed by atoms with E-state index in [0.29, 0.717) is 41.7 Å². The Morgan fingerprint density at radius 3 is 2.85 bits per heavy atom. The van der Waals surface area contributed by atoms with Gasteiger partial charge < -0.3 is 10.6 Å². The van der Waals surface area contributed by atoms with Gasteiger partial charge in [-0.1, -0.05) is 0 Å². The fourth-order valence-electron chi connectivity index (χ4n) is 2.85. The van der Waals surface area contributed by atoms with E-state index in [1.807, 2.05) is 12.1 Å². The topological polar surface area (TPSA) is 102 Å². The Hall–Kier alpha value is -3.07. The first-order valence-corrected chi connectivity index (χ1v) is 9.07. The van der Waals surface area contributed by atoms with Crippen molar-refractivity contribution in [2.24, 2.45) is 0 Å². The van der Waals surface area contributed by atoms with Crippen LogP contribution in [0, 0.1) is 0 Å². The molecule has 0 spiro atoms. The van der Waals surface area contributed by atoms with E-state index in [0.717, 1.165) is 10.0 Å². The third-order valence-electron chi connectivity index (χ3n) is 4.08. The van der Waals surface area contributed by atoms with Crippen LogP contribution in [0.5, 0.6) is 0 Å². The second-order valence-corrected chi connectivity index (χ2v) is 6.89. The molecule has 3 aromatic rings. The number of nitrogens with one attached hydrogen (secondary N) is 2. The standard InChI is InChI=1S/C18H15BrN6O2/c1-10(26)22-13-3-2-11(8-12(13)19)17-20-5-4-14(23-17)15-9-16-18(27)21-6-7-25(16)24-15/h2-5,8-9H,6-7H2,1H3,(H,21,27)(H,22,26). The summed E-state index contributed by atoms with van der Waals surface area (Å²) in [6, 6.07) is 8.96. The molecule has 0 atom stereocenters. The van der Waals surface area contributed by atoms with Crippen LogP contribution in [0.3, 0.4) is 0 Å². The number of nitrogens with zero attached hydrogens (tertiary/aromatic N) is 4. The predicted molar refractivity (Wildman–Crippen MR) is 103 cm³/mol. The monoisotopic (exact) mass is 426 g/mol. The molecule has 2 amide bonds. The van der Waals surface area contributed by atoms with Gasteiger partial charge in [-0.25, -0.2) is 9.97 Å². The third kappa shape index (κ3) is 3.45. The molecule has 8 nitrogen and oxygen atoms in total. The molecule has 0 fully saturated rings. The van der Waals surface area contributed by atoms with Crippen LogP contribution in [-0.4, -0.2) is 38.1 Å². The Bertz CT molecular complexity index is 1060. The SMILES string of the molecule is CC(=O)Nc1ccc(-c2nccc(-c3cc4n(n3)CCNC4=O)n2)cc1Br. The number of carbonyl (C=O) groups is 2. The van der Waals surface area contributed by atoms with Gasteiger partial charge in [-0.2, -0.15) is 5.10 Å². The molecule has 0 unspecified atom stereocenters. The zero-order valence-electron chi connectivity index (χ0n) is 14.4. The fourth-order valence-corrected chi connectivity index (χ4v) is 3.32. The highest BCUT2D eigenvalue weighted by molar-refractivity contribution is 9.10. The maximum absolute atomic E-state index is 11.9. The van der Waals surface area contributed by atoms with Gasteiger partial charge in [0.1, 0.15) is 11.4 Å². The smallest absolute Gasteiger partial charge is 0.269 e. The van der Waals surface area contributed by atoms with E-state index >= 15 is 0 Å². The van der Waals surface area contributed by atoms with Crippen LogP contribution in [0.2, 0.25) is 0 Å². The lowest BCUT2D eigenvalue weighted by atomic mass is 10.2. The number of aromatic nitrogens is 4. The van der Waals surface area contributed by atoms with Crippen LogP contribution in [0.4, 0.5) is 5.69 Å². The van der Waals surface area contributed by atoms with Crippen LogP contribution >= 0.6 is 15.9 Å². The molecule has 136 valence electrons. The van der Waals surface area contributed by atoms with Crippen molar-refractivity contribution in [1.82, 2.24) is 25.1 Å². The molecule has 0 aliphatic carbocycles. The van der Waals surface area contributed by atoms with E-state index in [-0.39, 0.29) is 11.8 Å². The second kappa shape index (κ2) is 6.92. The Kier molecular flexibility index (Phi) is 4.44. The van der Waals surface area contributed by atoms with Crippen LogP contribution in [0.1, 0.15) is 17.4 Å². The summed E-state index contributed by atoms with van der Waals surface area (Å²) in [4.78, 5) is 32.1. The minimum atomic E-state index is -0.144. The first kappa shape index (κ1) is 17.3. The highest BCUT2D eigenvalue weighted by Gasteiger charge is 2.20. The average Bonchev–Trinajstić information content (AvgIpc) is 3.09. The molecule has 4 rings (SSSR count). The van der Waals surface area contributed by atoms with Crippen LogP contribution in [0.15, 0.2) is 41.0 Å². The summed E-state index contributed by atoms with van der Waals surface area (Å²) in [5.41, 5.74) is 3.25. The molecule has 0 saturated heterocycles. The van der Waals surface area contributed by atoms with E-state index < -0.39 is 0 Å². The normalized spacial score (nSPS) is 13.0. The highest BCUT2D eigenvalue weighted by atomic mass is 79.9. The van der Waals surface area contributed by atoms with Gasteiger partial charge in [0.15, 0.2) is 5.82 Å². The van der Waals surface area contributed by atoms with E-state index in [4.69, 9.17) is 0 Å². The average molecular weight is 427 g/mol. The van der Waals surface area contributed by atoms with Gasteiger partial charge in [-0.3, -0.25) is 14.3 Å². The molecule has 9 heteroatoms. The fraction of sp³-hybridized carbons (Fsp3) is 0.167. The van der Waals surface area contributed by atoms with E-state index in [2.05, 4.69) is 41.6 Å². The molecule has 2 aromatic heterocycles. The molecule has 1 aliphatic rings. The lowest BCUT2D eigenvalue weighted by Gasteiger charge is -2.13. The number of fused-ring (bicyclic) bond motifs is 1. The summed E-state index contributed by atoms with van der Waals surface area (Å²) in [6.07, 6.45) is 1.66. The van der Waals surface area contributed by atoms with Gasteiger partial charge in [0, 0.05) is 29.7 Å². The molecule has 27 heavy (non-hydrogen) atoms. The van der Waals surface area contributed by atoms with Crippen LogP contribution in [0.25, 0.3) is 22.8 Å². The van der Waals surface area contributed by atoms with Gasteiger partial charge in [-0.05, 0) is 46.3 Å². The molecule has 0 bridgehead atoms. The highest BCUT2D eigenvalue weighted by Crippen LogP contribution is 2.28. The Labute approximate surface area is 163 Å². The minimum Gasteiger partial charge on any atom is -0.349 e. The van der Waals surface area contributed by atoms with Gasteiger partial charge in [0.25, 0.3) is 5.91 Å². The third-order valence-corrected chi connectivity index (χ3v) is 4.73. The quantitative estimate of drug-likeness (QED) is 0.669. The summed E-state index contributed by atoms with van der Waals surface area (Å²) < 4.78 is 2.42. The molecule has 3 heterocycles. The van der Waals surface area contributed by atoms with Gasteiger partial charge in [0.05, 0.1) is 17.9 Å².